The van der Waals surface area contributed by atoms with Crippen molar-refractivity contribution >= 4 is 10.8 Å². The van der Waals surface area contributed by atoms with Crippen molar-refractivity contribution in [2.75, 3.05) is 6.61 Å². The average molecular weight is 215 g/mol. The number of fused-ring (bicyclic) bond motifs is 1. The molecule has 16 heavy (non-hydrogen) atoms. The summed E-state index contributed by atoms with van der Waals surface area (Å²) in [6.45, 7) is 2.95. The van der Waals surface area contributed by atoms with E-state index in [1.807, 2.05) is 13.0 Å². The zero-order valence-electron chi connectivity index (χ0n) is 9.48. The van der Waals surface area contributed by atoms with Crippen LogP contribution in [0.3, 0.4) is 0 Å². The molecule has 0 fully saturated rings. The summed E-state index contributed by atoms with van der Waals surface area (Å²) in [7, 11) is 0. The molecule has 0 aliphatic heterocycles. The summed E-state index contributed by atoms with van der Waals surface area (Å²) in [5.74, 6) is 0. The monoisotopic (exact) mass is 215 g/mol. The molecule has 0 amide bonds. The molecule has 0 bridgehead atoms. The lowest BCUT2D eigenvalue weighted by atomic mass is 10.1. The van der Waals surface area contributed by atoms with Crippen LogP contribution in [0.1, 0.15) is 12.5 Å². The molecule has 0 saturated carbocycles. The van der Waals surface area contributed by atoms with Crippen molar-refractivity contribution in [3.8, 4) is 0 Å². The summed E-state index contributed by atoms with van der Waals surface area (Å²) < 4.78 is 0. The molecule has 2 nitrogen and oxygen atoms in total. The van der Waals surface area contributed by atoms with Gasteiger partial charge in [-0.1, -0.05) is 36.4 Å². The van der Waals surface area contributed by atoms with Crippen molar-refractivity contribution in [3.63, 3.8) is 0 Å². The highest BCUT2D eigenvalue weighted by atomic mass is 16.3. The number of hydrogen-bond acceptors (Lipinski definition) is 2. The summed E-state index contributed by atoms with van der Waals surface area (Å²) in [5, 5.41) is 14.7. The number of aliphatic hydroxyl groups excluding tert-OH is 1. The van der Waals surface area contributed by atoms with Gasteiger partial charge in [0.15, 0.2) is 0 Å². The highest BCUT2D eigenvalue weighted by Crippen LogP contribution is 2.15. The predicted octanol–water partition coefficient (Wildman–Crippen LogP) is 2.31. The summed E-state index contributed by atoms with van der Waals surface area (Å²) in [6.07, 6.45) is 0. The molecule has 2 heteroatoms. The van der Waals surface area contributed by atoms with Crippen molar-refractivity contribution in [2.45, 2.75) is 19.5 Å². The SMILES string of the molecule is C[C@@H](CO)NCc1ccc2ccccc2c1. The molecule has 0 spiro atoms. The molecule has 2 rings (SSSR count). The van der Waals surface area contributed by atoms with Gasteiger partial charge in [0.1, 0.15) is 0 Å². The topological polar surface area (TPSA) is 32.3 Å². The fraction of sp³-hybridized carbons (Fsp3) is 0.286. The van der Waals surface area contributed by atoms with Gasteiger partial charge in [0.25, 0.3) is 0 Å². The first kappa shape index (κ1) is 11.1. The van der Waals surface area contributed by atoms with Crippen molar-refractivity contribution in [2.24, 2.45) is 0 Å². The summed E-state index contributed by atoms with van der Waals surface area (Å²) >= 11 is 0. The molecule has 0 aliphatic rings. The molecule has 0 saturated heterocycles. The Morgan fingerprint density at radius 2 is 1.88 bits per heavy atom. The Morgan fingerprint density at radius 3 is 2.62 bits per heavy atom. The maximum Gasteiger partial charge on any atom is 0.0582 e. The van der Waals surface area contributed by atoms with Gasteiger partial charge in [0.05, 0.1) is 6.61 Å². The van der Waals surface area contributed by atoms with E-state index in [2.05, 4.69) is 41.7 Å². The van der Waals surface area contributed by atoms with Crippen LogP contribution in [0.15, 0.2) is 42.5 Å². The van der Waals surface area contributed by atoms with Crippen LogP contribution in [-0.4, -0.2) is 17.8 Å². The Balaban J connectivity index is 2.13. The molecule has 0 aliphatic carbocycles. The minimum atomic E-state index is 0.145. The second-order valence-corrected chi connectivity index (χ2v) is 4.15. The molecule has 0 aromatic heterocycles. The first-order valence-electron chi connectivity index (χ1n) is 5.61. The molecule has 2 aromatic rings. The molecule has 2 aromatic carbocycles. The van der Waals surface area contributed by atoms with Crippen LogP contribution in [0, 0.1) is 0 Å². The van der Waals surface area contributed by atoms with Crippen LogP contribution in [0.2, 0.25) is 0 Å². The zero-order valence-corrected chi connectivity index (χ0v) is 9.48. The molecule has 0 heterocycles. The van der Waals surface area contributed by atoms with Gasteiger partial charge in [-0.2, -0.15) is 0 Å². The van der Waals surface area contributed by atoms with Crippen LogP contribution < -0.4 is 5.32 Å². The van der Waals surface area contributed by atoms with E-state index in [0.717, 1.165) is 6.54 Å². The number of aliphatic hydroxyl groups is 1. The van der Waals surface area contributed by atoms with Gasteiger partial charge < -0.3 is 10.4 Å². The van der Waals surface area contributed by atoms with Gasteiger partial charge in [0, 0.05) is 12.6 Å². The van der Waals surface area contributed by atoms with Crippen molar-refractivity contribution in [1.82, 2.24) is 5.32 Å². The maximum absolute atomic E-state index is 8.92. The van der Waals surface area contributed by atoms with Gasteiger partial charge in [-0.15, -0.1) is 0 Å². The van der Waals surface area contributed by atoms with E-state index in [0.29, 0.717) is 0 Å². The van der Waals surface area contributed by atoms with E-state index >= 15 is 0 Å². The van der Waals surface area contributed by atoms with E-state index in [4.69, 9.17) is 5.11 Å². The van der Waals surface area contributed by atoms with Gasteiger partial charge in [-0.3, -0.25) is 0 Å². The fourth-order valence-electron chi connectivity index (χ4n) is 1.71. The molecule has 84 valence electrons. The fourth-order valence-corrected chi connectivity index (χ4v) is 1.71. The molecule has 0 radical (unpaired) electrons. The Kier molecular flexibility index (Phi) is 3.54. The summed E-state index contributed by atoms with van der Waals surface area (Å²) in [6, 6.07) is 14.9. The minimum absolute atomic E-state index is 0.145. The normalized spacial score (nSPS) is 12.9. The third kappa shape index (κ3) is 2.60. The Hall–Kier alpha value is -1.38. The van der Waals surface area contributed by atoms with E-state index in [9.17, 15) is 0 Å². The summed E-state index contributed by atoms with van der Waals surface area (Å²) in [5.41, 5.74) is 1.25. The van der Waals surface area contributed by atoms with Crippen molar-refractivity contribution in [1.29, 1.82) is 0 Å². The van der Waals surface area contributed by atoms with Crippen LogP contribution in [-0.2, 0) is 6.54 Å². The van der Waals surface area contributed by atoms with Gasteiger partial charge in [-0.05, 0) is 29.3 Å². The van der Waals surface area contributed by atoms with Crippen LogP contribution >= 0.6 is 0 Å². The second kappa shape index (κ2) is 5.10. The van der Waals surface area contributed by atoms with Crippen LogP contribution in [0.25, 0.3) is 10.8 Å². The van der Waals surface area contributed by atoms with Crippen molar-refractivity contribution in [3.05, 3.63) is 48.0 Å². The molecular formula is C14H17NO. The number of nitrogens with one attached hydrogen (secondary N) is 1. The lowest BCUT2D eigenvalue weighted by Gasteiger charge is -2.10. The third-order valence-corrected chi connectivity index (χ3v) is 2.74. The Bertz CT molecular complexity index is 467. The highest BCUT2D eigenvalue weighted by Gasteiger charge is 1.99. The largest absolute Gasteiger partial charge is 0.395 e. The molecule has 0 unspecified atom stereocenters. The van der Waals surface area contributed by atoms with E-state index in [-0.39, 0.29) is 12.6 Å². The van der Waals surface area contributed by atoms with Gasteiger partial charge in [0.2, 0.25) is 0 Å². The van der Waals surface area contributed by atoms with Crippen LogP contribution in [0.5, 0.6) is 0 Å². The Labute approximate surface area is 95.9 Å². The maximum atomic E-state index is 8.92. The number of rotatable bonds is 4. The van der Waals surface area contributed by atoms with E-state index in [1.165, 1.54) is 16.3 Å². The third-order valence-electron chi connectivity index (χ3n) is 2.74. The summed E-state index contributed by atoms with van der Waals surface area (Å²) in [4.78, 5) is 0. The minimum Gasteiger partial charge on any atom is -0.395 e. The number of benzene rings is 2. The lowest BCUT2D eigenvalue weighted by molar-refractivity contribution is 0.251. The quantitative estimate of drug-likeness (QED) is 0.820. The molecular weight excluding hydrogens is 198 g/mol. The first-order chi connectivity index (χ1) is 7.79. The van der Waals surface area contributed by atoms with Crippen LogP contribution in [0.4, 0.5) is 0 Å². The smallest absolute Gasteiger partial charge is 0.0582 e. The van der Waals surface area contributed by atoms with E-state index in [1.54, 1.807) is 0 Å². The lowest BCUT2D eigenvalue weighted by Crippen LogP contribution is -2.28. The van der Waals surface area contributed by atoms with Gasteiger partial charge in [-0.25, -0.2) is 0 Å². The first-order valence-corrected chi connectivity index (χ1v) is 5.61. The zero-order chi connectivity index (χ0) is 11.4. The Morgan fingerprint density at radius 1 is 1.12 bits per heavy atom. The average Bonchev–Trinajstić information content (AvgIpc) is 2.35. The molecule has 1 atom stereocenters. The second-order valence-electron chi connectivity index (χ2n) is 4.15. The van der Waals surface area contributed by atoms with E-state index < -0.39 is 0 Å². The van der Waals surface area contributed by atoms with Gasteiger partial charge >= 0.3 is 0 Å². The number of hydrogen-bond donors (Lipinski definition) is 2. The van der Waals surface area contributed by atoms with Crippen molar-refractivity contribution < 1.29 is 5.11 Å². The molecule has 2 N–H and O–H groups in total. The standard InChI is InChI=1S/C14H17NO/c1-11(10-16)15-9-12-6-7-13-4-2-3-5-14(13)8-12/h2-8,11,15-16H,9-10H2,1H3/t11-/m0/s1. The predicted molar refractivity (Wildman–Crippen MR) is 67.3 cm³/mol. The highest BCUT2D eigenvalue weighted by molar-refractivity contribution is 5.82.